The summed E-state index contributed by atoms with van der Waals surface area (Å²) in [5.74, 6) is -0.978. The Kier molecular flexibility index (Phi) is 63.9. The fourth-order valence-electron chi connectivity index (χ4n) is 8.58. The van der Waals surface area contributed by atoms with Crippen LogP contribution in [-0.2, 0) is 28.6 Å². The molecule has 0 aliphatic carbocycles. The number of carbonyl (C=O) groups is 3. The number of allylic oxidation sites excluding steroid dienone is 28. The van der Waals surface area contributed by atoms with E-state index in [1.165, 1.54) is 70.6 Å². The quantitative estimate of drug-likeness (QED) is 0.0261. The van der Waals surface area contributed by atoms with Crippen LogP contribution in [0.4, 0.5) is 0 Å². The van der Waals surface area contributed by atoms with Gasteiger partial charge in [-0.1, -0.05) is 287 Å². The van der Waals surface area contributed by atoms with Gasteiger partial charge < -0.3 is 14.2 Å². The highest BCUT2D eigenvalue weighted by atomic mass is 16.6. The van der Waals surface area contributed by atoms with Crippen molar-refractivity contribution in [3.05, 3.63) is 170 Å². The standard InChI is InChI=1S/C76H120O6/c1-4-7-10-13-16-19-22-25-28-30-31-32-33-34-35-36-37-38-39-40-41-42-43-44-45-47-48-51-54-57-60-63-66-69-75(78)81-72-73(71-80-74(77)68-65-62-59-56-53-50-27-24-21-18-15-12-9-6-3)82-76(79)70-67-64-61-58-55-52-49-46-29-26-23-20-17-14-11-8-5-2/h7-8,10-11,16-17,19-20,25-26,28-29,31-32,34-35,37-38,40-41,43-44,47-49,52,54,57,73H,4-6,9,12-15,18,21-24,27,30,33,36,39,42,45-46,50-51,53,55-56,58-72H2,1-3H3/b10-7-,11-8-,19-16-,20-17-,28-25-,29-26-,32-31-,35-34-,38-37-,41-40-,44-43-,48-47-,52-49-,57-54-. The highest BCUT2D eigenvalue weighted by Gasteiger charge is 2.19. The molecule has 0 fully saturated rings. The minimum Gasteiger partial charge on any atom is -0.462 e. The molecule has 0 spiro atoms. The molecule has 82 heavy (non-hydrogen) atoms. The van der Waals surface area contributed by atoms with Crippen LogP contribution in [0, 0.1) is 0 Å². The maximum absolute atomic E-state index is 12.9. The van der Waals surface area contributed by atoms with E-state index in [0.717, 1.165) is 154 Å². The zero-order chi connectivity index (χ0) is 59.2. The molecule has 0 radical (unpaired) electrons. The third-order valence-electron chi connectivity index (χ3n) is 13.5. The largest absolute Gasteiger partial charge is 0.462 e. The lowest BCUT2D eigenvalue weighted by atomic mass is 10.0. The van der Waals surface area contributed by atoms with Crippen LogP contribution in [0.1, 0.15) is 271 Å². The van der Waals surface area contributed by atoms with Crippen LogP contribution in [-0.4, -0.2) is 37.2 Å². The predicted molar refractivity (Wildman–Crippen MR) is 357 cm³/mol. The van der Waals surface area contributed by atoms with E-state index in [1.54, 1.807) is 0 Å². The number of rotatable bonds is 58. The third-order valence-corrected chi connectivity index (χ3v) is 13.5. The highest BCUT2D eigenvalue weighted by Crippen LogP contribution is 2.15. The Balaban J connectivity index is 4.44. The number of carbonyl (C=O) groups excluding carboxylic acids is 3. The minimum absolute atomic E-state index is 0.107. The topological polar surface area (TPSA) is 78.9 Å². The zero-order valence-electron chi connectivity index (χ0n) is 52.7. The van der Waals surface area contributed by atoms with Crippen LogP contribution < -0.4 is 0 Å². The highest BCUT2D eigenvalue weighted by molar-refractivity contribution is 5.71. The Bertz CT molecular complexity index is 1870. The Morgan fingerprint density at radius 3 is 0.768 bits per heavy atom. The van der Waals surface area contributed by atoms with Crippen molar-refractivity contribution >= 4 is 17.9 Å². The van der Waals surface area contributed by atoms with Gasteiger partial charge in [0, 0.05) is 19.3 Å². The predicted octanol–water partition coefficient (Wildman–Crippen LogP) is 23.0. The Morgan fingerprint density at radius 2 is 0.476 bits per heavy atom. The fraction of sp³-hybridized carbons (Fsp3) is 0.592. The van der Waals surface area contributed by atoms with E-state index >= 15 is 0 Å². The maximum Gasteiger partial charge on any atom is 0.306 e. The van der Waals surface area contributed by atoms with E-state index in [-0.39, 0.29) is 44.0 Å². The maximum atomic E-state index is 12.9. The molecule has 0 aromatic rings. The van der Waals surface area contributed by atoms with Crippen LogP contribution in [0.15, 0.2) is 170 Å². The van der Waals surface area contributed by atoms with Gasteiger partial charge in [-0.2, -0.15) is 0 Å². The summed E-state index contributed by atoms with van der Waals surface area (Å²) in [4.78, 5) is 38.3. The lowest BCUT2D eigenvalue weighted by molar-refractivity contribution is -0.167. The normalized spacial score (nSPS) is 13.3. The molecule has 6 heteroatoms. The van der Waals surface area contributed by atoms with Crippen molar-refractivity contribution in [3.8, 4) is 0 Å². The monoisotopic (exact) mass is 1130 g/mol. The summed E-state index contributed by atoms with van der Waals surface area (Å²) in [7, 11) is 0. The molecule has 0 N–H and O–H groups in total. The van der Waals surface area contributed by atoms with Crippen LogP contribution in [0.25, 0.3) is 0 Å². The molecule has 0 aliphatic rings. The van der Waals surface area contributed by atoms with Crippen LogP contribution in [0.3, 0.4) is 0 Å². The number of hydrogen-bond acceptors (Lipinski definition) is 6. The molecular formula is C76H120O6. The van der Waals surface area contributed by atoms with Gasteiger partial charge in [0.25, 0.3) is 0 Å². The van der Waals surface area contributed by atoms with E-state index < -0.39 is 6.10 Å². The lowest BCUT2D eigenvalue weighted by Crippen LogP contribution is -2.30. The fourth-order valence-corrected chi connectivity index (χ4v) is 8.58. The van der Waals surface area contributed by atoms with E-state index in [9.17, 15) is 14.4 Å². The van der Waals surface area contributed by atoms with Crippen molar-refractivity contribution in [3.63, 3.8) is 0 Å². The van der Waals surface area contributed by atoms with E-state index in [1.807, 2.05) is 0 Å². The number of ether oxygens (including phenoxy) is 3. The molecule has 0 aromatic carbocycles. The summed E-state index contributed by atoms with van der Waals surface area (Å²) in [6.45, 7) is 6.36. The summed E-state index contributed by atoms with van der Waals surface area (Å²) in [5, 5.41) is 0. The number of unbranched alkanes of at least 4 members (excludes halogenated alkanes) is 19. The van der Waals surface area contributed by atoms with E-state index in [4.69, 9.17) is 14.2 Å². The van der Waals surface area contributed by atoms with Crippen molar-refractivity contribution in [2.75, 3.05) is 13.2 Å². The van der Waals surface area contributed by atoms with Gasteiger partial charge in [0.1, 0.15) is 13.2 Å². The molecule has 460 valence electrons. The summed E-state index contributed by atoms with van der Waals surface area (Å²) in [6, 6.07) is 0. The molecule has 1 atom stereocenters. The third kappa shape index (κ3) is 65.6. The van der Waals surface area contributed by atoms with Crippen LogP contribution in [0.5, 0.6) is 0 Å². The Labute approximate surface area is 504 Å². The van der Waals surface area contributed by atoms with Gasteiger partial charge in [0.2, 0.25) is 0 Å². The molecule has 0 aliphatic heterocycles. The van der Waals surface area contributed by atoms with Gasteiger partial charge in [0.15, 0.2) is 6.10 Å². The van der Waals surface area contributed by atoms with Crippen molar-refractivity contribution < 1.29 is 28.6 Å². The number of hydrogen-bond donors (Lipinski definition) is 0. The van der Waals surface area contributed by atoms with E-state index in [0.29, 0.717) is 12.8 Å². The molecule has 0 amide bonds. The summed E-state index contributed by atoms with van der Waals surface area (Å²) < 4.78 is 16.9. The minimum atomic E-state index is -0.817. The van der Waals surface area contributed by atoms with Crippen LogP contribution >= 0.6 is 0 Å². The van der Waals surface area contributed by atoms with Crippen molar-refractivity contribution in [1.29, 1.82) is 0 Å². The van der Waals surface area contributed by atoms with Gasteiger partial charge in [-0.15, -0.1) is 0 Å². The second-order valence-electron chi connectivity index (χ2n) is 21.3. The molecule has 1 unspecified atom stereocenters. The first-order chi connectivity index (χ1) is 40.5. The van der Waals surface area contributed by atoms with Crippen molar-refractivity contribution in [2.45, 2.75) is 277 Å². The first-order valence-electron chi connectivity index (χ1n) is 33.1. The number of esters is 3. The summed E-state index contributed by atoms with van der Waals surface area (Å²) in [6.07, 6.45) is 101. The molecule has 0 rings (SSSR count). The first-order valence-corrected chi connectivity index (χ1v) is 33.1. The van der Waals surface area contributed by atoms with Gasteiger partial charge in [-0.05, 0) is 135 Å². The summed E-state index contributed by atoms with van der Waals surface area (Å²) >= 11 is 0. The smallest absolute Gasteiger partial charge is 0.306 e. The van der Waals surface area contributed by atoms with Crippen molar-refractivity contribution in [2.24, 2.45) is 0 Å². The van der Waals surface area contributed by atoms with Gasteiger partial charge in [-0.3, -0.25) is 14.4 Å². The molecule has 0 bridgehead atoms. The SMILES string of the molecule is CC/C=C\C/C=C\C/C=C\C/C=C\C/C=C\C/C=C\C/C=C\C/C=C\C/C=C\C/C=C\CCCCC(=O)OCC(COC(=O)CCCCCCCCCCCCCCCC)OC(=O)CCCCCC/C=C\C/C=C\C/C=C\C/C=C\CC. The average molecular weight is 1130 g/mol. The molecular weight excluding hydrogens is 1010 g/mol. The molecule has 0 saturated heterocycles. The first kappa shape index (κ1) is 76.8. The van der Waals surface area contributed by atoms with Crippen LogP contribution in [0.2, 0.25) is 0 Å². The molecule has 0 aromatic heterocycles. The van der Waals surface area contributed by atoms with Gasteiger partial charge >= 0.3 is 17.9 Å². The van der Waals surface area contributed by atoms with Gasteiger partial charge in [0.05, 0.1) is 0 Å². The molecule has 0 heterocycles. The molecule has 0 saturated carbocycles. The Hall–Kier alpha value is -5.23. The second kappa shape index (κ2) is 68.3. The van der Waals surface area contributed by atoms with Gasteiger partial charge in [-0.25, -0.2) is 0 Å². The van der Waals surface area contributed by atoms with E-state index in [2.05, 4.69) is 191 Å². The Morgan fingerprint density at radius 1 is 0.256 bits per heavy atom. The average Bonchev–Trinajstić information content (AvgIpc) is 3.47. The lowest BCUT2D eigenvalue weighted by Gasteiger charge is -2.18. The second-order valence-corrected chi connectivity index (χ2v) is 21.3. The van der Waals surface area contributed by atoms with Crippen molar-refractivity contribution in [1.82, 2.24) is 0 Å². The zero-order valence-corrected chi connectivity index (χ0v) is 52.7. The summed E-state index contributed by atoms with van der Waals surface area (Å²) in [5.41, 5.74) is 0. The molecule has 6 nitrogen and oxygen atoms in total.